The Morgan fingerprint density at radius 1 is 0.538 bits per heavy atom. The molecule has 0 aliphatic rings. The highest BCUT2D eigenvalue weighted by Crippen LogP contribution is 2.09. The van der Waals surface area contributed by atoms with Crippen molar-refractivity contribution in [2.24, 2.45) is 0 Å². The van der Waals surface area contributed by atoms with Crippen molar-refractivity contribution in [2.45, 2.75) is 51.4 Å². The highest BCUT2D eigenvalue weighted by Gasteiger charge is 2.00. The van der Waals surface area contributed by atoms with Crippen LogP contribution in [0.3, 0.4) is 0 Å². The maximum atomic E-state index is 11.1. The Morgan fingerprint density at radius 2 is 0.846 bits per heavy atom. The van der Waals surface area contributed by atoms with Crippen LogP contribution >= 0.6 is 0 Å². The van der Waals surface area contributed by atoms with Crippen LogP contribution in [0.2, 0.25) is 0 Å². The summed E-state index contributed by atoms with van der Waals surface area (Å²) < 4.78 is 9.69. The molecule has 2 N–H and O–H groups in total. The lowest BCUT2D eigenvalue weighted by Crippen LogP contribution is -2.03. The van der Waals surface area contributed by atoms with Gasteiger partial charge < -0.3 is 19.7 Å². The third-order valence-electron chi connectivity index (χ3n) is 3.25. The molecular weight excluding hydrogens is 344 g/mol. The quantitative estimate of drug-likeness (QED) is 0.256. The Bertz CT molecular complexity index is 461. The van der Waals surface area contributed by atoms with Gasteiger partial charge in [-0.1, -0.05) is 38.5 Å². The molecule has 0 amide bonds. The molecule has 146 valence electrons. The van der Waals surface area contributed by atoms with Gasteiger partial charge in [0, 0.05) is 24.3 Å². The molecule has 0 aliphatic heterocycles. The highest BCUT2D eigenvalue weighted by molar-refractivity contribution is 5.91. The van der Waals surface area contributed by atoms with Crippen LogP contribution in [0.1, 0.15) is 51.4 Å². The molecule has 0 rings (SSSR count). The Kier molecular flexibility index (Phi) is 14.3. The van der Waals surface area contributed by atoms with Gasteiger partial charge in [0.15, 0.2) is 0 Å². The Balaban J connectivity index is 3.34. The number of carboxylic acids is 2. The molecule has 0 saturated heterocycles. The maximum Gasteiger partial charge on any atom is 0.331 e. The van der Waals surface area contributed by atoms with Crippen LogP contribution in [0.15, 0.2) is 24.3 Å². The van der Waals surface area contributed by atoms with Gasteiger partial charge in [0.25, 0.3) is 0 Å². The number of aliphatic carboxylic acids is 2. The Hall–Kier alpha value is -2.64. The molecule has 0 fully saturated rings. The van der Waals surface area contributed by atoms with Gasteiger partial charge in [-0.05, 0) is 12.8 Å². The second kappa shape index (κ2) is 15.9. The van der Waals surface area contributed by atoms with Gasteiger partial charge >= 0.3 is 23.9 Å². The first kappa shape index (κ1) is 23.4. The number of carbonyl (C=O) groups excluding carboxylic acids is 2. The van der Waals surface area contributed by atoms with E-state index >= 15 is 0 Å². The number of unbranched alkanes of at least 4 members (excludes halogenated alkanes) is 7. The van der Waals surface area contributed by atoms with E-state index in [9.17, 15) is 19.2 Å². The molecule has 0 aromatic rings. The fourth-order valence-corrected chi connectivity index (χ4v) is 1.99. The molecule has 0 bridgehead atoms. The van der Waals surface area contributed by atoms with Gasteiger partial charge in [-0.2, -0.15) is 0 Å². The SMILES string of the molecule is O=C(O)/C=C\C(=O)OCCCCCCCCCCOC(=O)/C=C\C(=O)O. The lowest BCUT2D eigenvalue weighted by Gasteiger charge is -2.04. The van der Waals surface area contributed by atoms with E-state index in [2.05, 4.69) is 0 Å². The van der Waals surface area contributed by atoms with E-state index in [1.807, 2.05) is 0 Å². The van der Waals surface area contributed by atoms with Crippen molar-refractivity contribution in [3.63, 3.8) is 0 Å². The van der Waals surface area contributed by atoms with Crippen LogP contribution in [-0.2, 0) is 28.7 Å². The Morgan fingerprint density at radius 3 is 1.15 bits per heavy atom. The number of hydrogen-bond donors (Lipinski definition) is 2. The number of hydrogen-bond acceptors (Lipinski definition) is 6. The van der Waals surface area contributed by atoms with E-state index in [0.717, 1.165) is 75.7 Å². The number of rotatable bonds is 15. The molecule has 0 saturated carbocycles. The average molecular weight is 370 g/mol. The van der Waals surface area contributed by atoms with Crippen LogP contribution in [0.4, 0.5) is 0 Å². The normalized spacial score (nSPS) is 10.9. The molecule has 8 nitrogen and oxygen atoms in total. The van der Waals surface area contributed by atoms with Crippen molar-refractivity contribution in [1.82, 2.24) is 0 Å². The zero-order chi connectivity index (χ0) is 19.6. The van der Waals surface area contributed by atoms with Gasteiger partial charge in [-0.25, -0.2) is 19.2 Å². The molecule has 0 aromatic heterocycles. The van der Waals surface area contributed by atoms with Crippen molar-refractivity contribution in [2.75, 3.05) is 13.2 Å². The summed E-state index contributed by atoms with van der Waals surface area (Å²) in [5.41, 5.74) is 0. The fourth-order valence-electron chi connectivity index (χ4n) is 1.99. The number of ether oxygens (including phenoxy) is 2. The van der Waals surface area contributed by atoms with Crippen LogP contribution in [0.5, 0.6) is 0 Å². The molecule has 8 heteroatoms. The molecular formula is C18H26O8. The highest BCUT2D eigenvalue weighted by atomic mass is 16.5. The molecule has 0 heterocycles. The van der Waals surface area contributed by atoms with E-state index in [1.54, 1.807) is 0 Å². The molecule has 0 spiro atoms. The minimum atomic E-state index is -1.19. The molecule has 0 aliphatic carbocycles. The molecule has 26 heavy (non-hydrogen) atoms. The number of carbonyl (C=O) groups is 4. The minimum Gasteiger partial charge on any atom is -0.478 e. The van der Waals surface area contributed by atoms with Gasteiger partial charge in [-0.3, -0.25) is 0 Å². The second-order valence-corrected chi connectivity index (χ2v) is 5.51. The van der Waals surface area contributed by atoms with Crippen LogP contribution in [-0.4, -0.2) is 47.3 Å². The zero-order valence-corrected chi connectivity index (χ0v) is 14.7. The van der Waals surface area contributed by atoms with Crippen molar-refractivity contribution in [3.05, 3.63) is 24.3 Å². The topological polar surface area (TPSA) is 127 Å². The van der Waals surface area contributed by atoms with E-state index in [1.165, 1.54) is 0 Å². The third-order valence-corrected chi connectivity index (χ3v) is 3.25. The van der Waals surface area contributed by atoms with Crippen LogP contribution < -0.4 is 0 Å². The van der Waals surface area contributed by atoms with Crippen LogP contribution in [0.25, 0.3) is 0 Å². The first-order valence-electron chi connectivity index (χ1n) is 8.57. The van der Waals surface area contributed by atoms with Crippen molar-refractivity contribution < 1.29 is 38.9 Å². The molecule has 0 radical (unpaired) electrons. The van der Waals surface area contributed by atoms with E-state index in [0.29, 0.717) is 0 Å². The van der Waals surface area contributed by atoms with Gasteiger partial charge in [-0.15, -0.1) is 0 Å². The maximum absolute atomic E-state index is 11.1. The summed E-state index contributed by atoms with van der Waals surface area (Å²) in [4.78, 5) is 42.6. The third kappa shape index (κ3) is 17.7. The zero-order valence-electron chi connectivity index (χ0n) is 14.7. The first-order valence-corrected chi connectivity index (χ1v) is 8.57. The van der Waals surface area contributed by atoms with Gasteiger partial charge in [0.2, 0.25) is 0 Å². The number of esters is 2. The largest absolute Gasteiger partial charge is 0.478 e. The predicted molar refractivity (Wildman–Crippen MR) is 92.4 cm³/mol. The monoisotopic (exact) mass is 370 g/mol. The molecule has 0 unspecified atom stereocenters. The Labute approximate surface area is 152 Å². The van der Waals surface area contributed by atoms with E-state index in [-0.39, 0.29) is 13.2 Å². The smallest absolute Gasteiger partial charge is 0.331 e. The molecule has 0 atom stereocenters. The van der Waals surface area contributed by atoms with Crippen molar-refractivity contribution in [3.8, 4) is 0 Å². The second-order valence-electron chi connectivity index (χ2n) is 5.51. The fraction of sp³-hybridized carbons (Fsp3) is 0.556. The van der Waals surface area contributed by atoms with Gasteiger partial charge in [0.05, 0.1) is 13.2 Å². The lowest BCUT2D eigenvalue weighted by molar-refractivity contribution is -0.139. The summed E-state index contributed by atoms with van der Waals surface area (Å²) in [5, 5.41) is 16.7. The minimum absolute atomic E-state index is 0.282. The van der Waals surface area contributed by atoms with Crippen LogP contribution in [0, 0.1) is 0 Å². The average Bonchev–Trinajstić information content (AvgIpc) is 2.59. The standard InChI is InChI=1S/C18H26O8/c19-15(20)9-11-17(23)25-13-7-5-3-1-2-4-6-8-14-26-18(24)12-10-16(21)22/h9-12H,1-8,13-14H2,(H,19,20)(H,21,22)/b11-9-,12-10-. The summed E-state index contributed by atoms with van der Waals surface area (Å²) in [6.07, 6.45) is 10.8. The van der Waals surface area contributed by atoms with Crippen molar-refractivity contribution in [1.29, 1.82) is 0 Å². The van der Waals surface area contributed by atoms with Gasteiger partial charge in [0.1, 0.15) is 0 Å². The van der Waals surface area contributed by atoms with E-state index in [4.69, 9.17) is 19.7 Å². The van der Waals surface area contributed by atoms with E-state index < -0.39 is 23.9 Å². The lowest BCUT2D eigenvalue weighted by atomic mass is 10.1. The summed E-state index contributed by atoms with van der Waals surface area (Å²) in [7, 11) is 0. The summed E-state index contributed by atoms with van der Waals surface area (Å²) >= 11 is 0. The summed E-state index contributed by atoms with van der Waals surface area (Å²) in [5.74, 6) is -3.66. The summed E-state index contributed by atoms with van der Waals surface area (Å²) in [6, 6.07) is 0. The van der Waals surface area contributed by atoms with Crippen molar-refractivity contribution >= 4 is 23.9 Å². The summed E-state index contributed by atoms with van der Waals surface area (Å²) in [6.45, 7) is 0.564. The number of carboxylic acid groups (broad SMARTS) is 2. The molecule has 0 aromatic carbocycles. The predicted octanol–water partition coefficient (Wildman–Crippen LogP) is 2.48. The first-order chi connectivity index (χ1) is 12.4.